The first kappa shape index (κ1) is 37.0. The standard InChI is InChI=1S/C23H23N2O2P.C10H20N2.C9H8O/c26-19-16-23(20-10-4-1-5-11-20)28(27)24(21-12-6-2-7-13-21)17-18-25(28)22-14-8-3-9-15-22;1-2-4-10(5-3-1)12-8-6-11-7-9-12;10-8-4-7-9-5-2-1-3-6-9/h1-15,19,23H,16-18H2;10-11H,1-9H2;1-8H/b;;7-4+. The van der Waals surface area contributed by atoms with Crippen molar-refractivity contribution in [3.63, 3.8) is 0 Å². The normalized spacial score (nSPS) is 18.3. The monoisotopic (exact) mass is 690 g/mol. The molecule has 4 aromatic rings. The van der Waals surface area contributed by atoms with E-state index in [-0.39, 0.29) is 6.42 Å². The van der Waals surface area contributed by atoms with Crippen LogP contribution < -0.4 is 14.7 Å². The van der Waals surface area contributed by atoms with Crippen molar-refractivity contribution in [2.45, 2.75) is 50.2 Å². The number of anilines is 2. The van der Waals surface area contributed by atoms with Crippen molar-refractivity contribution in [1.82, 2.24) is 10.2 Å². The number of para-hydroxylation sites is 2. The molecule has 0 radical (unpaired) electrons. The molecule has 0 aromatic heterocycles. The van der Waals surface area contributed by atoms with Crippen molar-refractivity contribution >= 4 is 37.5 Å². The summed E-state index contributed by atoms with van der Waals surface area (Å²) in [6.45, 7) is 6.28. The maximum atomic E-state index is 14.9. The maximum Gasteiger partial charge on any atom is 0.270 e. The minimum atomic E-state index is -3.15. The first-order chi connectivity index (χ1) is 24.6. The van der Waals surface area contributed by atoms with Crippen molar-refractivity contribution in [1.29, 1.82) is 0 Å². The smallest absolute Gasteiger partial charge is 0.270 e. The zero-order valence-corrected chi connectivity index (χ0v) is 29.9. The zero-order chi connectivity index (χ0) is 34.9. The lowest BCUT2D eigenvalue weighted by molar-refractivity contribution is -0.108. The van der Waals surface area contributed by atoms with Gasteiger partial charge in [0.25, 0.3) is 7.44 Å². The average molecular weight is 691 g/mol. The fourth-order valence-electron chi connectivity index (χ4n) is 7.17. The molecule has 1 N–H and O–H groups in total. The second kappa shape index (κ2) is 19.8. The van der Waals surface area contributed by atoms with Gasteiger partial charge in [0.15, 0.2) is 0 Å². The molecule has 2 aliphatic heterocycles. The van der Waals surface area contributed by atoms with Gasteiger partial charge in [-0.2, -0.15) is 0 Å². The van der Waals surface area contributed by atoms with Crippen LogP contribution in [0.5, 0.6) is 0 Å². The number of hydrogen-bond donors (Lipinski definition) is 1. The third-order valence-electron chi connectivity index (χ3n) is 9.64. The predicted octanol–water partition coefficient (Wildman–Crippen LogP) is 8.66. The summed E-state index contributed by atoms with van der Waals surface area (Å²) in [5.74, 6) is 0. The number of benzene rings is 4. The van der Waals surface area contributed by atoms with Gasteiger partial charge in [0.05, 0.1) is 5.66 Å². The number of allylic oxidation sites excluding steroid dienone is 1. The summed E-state index contributed by atoms with van der Waals surface area (Å²) in [7, 11) is -3.15. The SMILES string of the molecule is C1CCC(N2CCNCC2)CC1.O=C/C=C/c1ccccc1.O=CCC(c1ccccc1)P1(=O)N(c2ccccc2)CCN1c1ccccc1. The second-order valence-corrected chi connectivity index (χ2v) is 15.6. The van der Waals surface area contributed by atoms with Crippen molar-refractivity contribution < 1.29 is 14.2 Å². The quantitative estimate of drug-likeness (QED) is 0.107. The van der Waals surface area contributed by atoms with Crippen LogP contribution in [-0.2, 0) is 14.2 Å². The lowest BCUT2D eigenvalue weighted by Crippen LogP contribution is -2.48. The van der Waals surface area contributed by atoms with E-state index in [1.165, 1.54) is 64.4 Å². The highest BCUT2D eigenvalue weighted by molar-refractivity contribution is 7.68. The van der Waals surface area contributed by atoms with Gasteiger partial charge in [-0.3, -0.25) is 14.3 Å². The fraction of sp³-hybridized carbons (Fsp3) is 0.333. The second-order valence-electron chi connectivity index (χ2n) is 12.8. The Morgan fingerprint density at radius 3 is 1.66 bits per heavy atom. The maximum absolute atomic E-state index is 14.9. The van der Waals surface area contributed by atoms with E-state index in [1.807, 2.05) is 131 Å². The highest BCUT2D eigenvalue weighted by atomic mass is 31.2. The number of aldehydes is 2. The number of nitrogens with one attached hydrogen (secondary N) is 1. The summed E-state index contributed by atoms with van der Waals surface area (Å²) in [6.07, 6.45) is 12.5. The third-order valence-corrected chi connectivity index (χ3v) is 13.2. The molecule has 3 aliphatic rings. The van der Waals surface area contributed by atoms with Crippen LogP contribution in [-0.4, -0.2) is 62.8 Å². The van der Waals surface area contributed by atoms with Gasteiger partial charge in [0.2, 0.25) is 0 Å². The first-order valence-electron chi connectivity index (χ1n) is 18.0. The van der Waals surface area contributed by atoms with Gasteiger partial charge in [0.1, 0.15) is 12.6 Å². The predicted molar refractivity (Wildman–Crippen MR) is 208 cm³/mol. The van der Waals surface area contributed by atoms with Crippen molar-refractivity contribution in [3.05, 3.63) is 139 Å². The first-order valence-corrected chi connectivity index (χ1v) is 19.7. The van der Waals surface area contributed by atoms with Crippen LogP contribution in [0.3, 0.4) is 0 Å². The molecule has 1 unspecified atom stereocenters. The molecule has 2 heterocycles. The molecule has 262 valence electrons. The molecule has 1 aliphatic carbocycles. The Morgan fingerprint density at radius 2 is 1.16 bits per heavy atom. The van der Waals surface area contributed by atoms with E-state index in [2.05, 4.69) is 10.2 Å². The lowest BCUT2D eigenvalue weighted by atomic mass is 9.94. The van der Waals surface area contributed by atoms with Crippen LogP contribution in [0.1, 0.15) is 55.3 Å². The molecule has 0 bridgehead atoms. The molecule has 1 saturated carbocycles. The Labute approximate surface area is 298 Å². The zero-order valence-electron chi connectivity index (χ0n) is 29.0. The fourth-order valence-corrected chi connectivity index (χ4v) is 10.7. The van der Waals surface area contributed by atoms with Gasteiger partial charge < -0.3 is 19.5 Å². The summed E-state index contributed by atoms with van der Waals surface area (Å²) < 4.78 is 18.9. The number of piperazine rings is 1. The molecular formula is C42H51N4O3P. The molecule has 0 amide bonds. The van der Waals surface area contributed by atoms with Crippen molar-refractivity contribution in [2.24, 2.45) is 0 Å². The minimum absolute atomic E-state index is 0.216. The van der Waals surface area contributed by atoms with Crippen LogP contribution in [0.25, 0.3) is 6.08 Å². The molecule has 7 nitrogen and oxygen atoms in total. The highest BCUT2D eigenvalue weighted by Gasteiger charge is 2.49. The topological polar surface area (TPSA) is 73.0 Å². The van der Waals surface area contributed by atoms with Gasteiger partial charge in [-0.05, 0) is 54.3 Å². The van der Waals surface area contributed by atoms with E-state index >= 15 is 0 Å². The van der Waals surface area contributed by atoms with Crippen molar-refractivity contribution in [2.75, 3.05) is 48.6 Å². The third kappa shape index (κ3) is 9.91. The van der Waals surface area contributed by atoms with Gasteiger partial charge in [0, 0.05) is 63.1 Å². The van der Waals surface area contributed by atoms with E-state index in [9.17, 15) is 14.2 Å². The number of nitrogens with zero attached hydrogens (tertiary/aromatic N) is 3. The average Bonchev–Trinajstić information content (AvgIpc) is 3.56. The number of hydrogen-bond acceptors (Lipinski definition) is 5. The van der Waals surface area contributed by atoms with Crippen LogP contribution in [0, 0.1) is 0 Å². The molecule has 1 atom stereocenters. The summed E-state index contributed by atoms with van der Waals surface area (Å²) >= 11 is 0. The molecule has 7 rings (SSSR count). The summed E-state index contributed by atoms with van der Waals surface area (Å²) in [5.41, 5.74) is 3.44. The number of carbonyl (C=O) groups is 2. The van der Waals surface area contributed by atoms with Crippen molar-refractivity contribution in [3.8, 4) is 0 Å². The molecule has 3 fully saturated rings. The summed E-state index contributed by atoms with van der Waals surface area (Å²) in [4.78, 5) is 24.2. The molecular weight excluding hydrogens is 639 g/mol. The van der Waals surface area contributed by atoms with E-state index < -0.39 is 13.1 Å². The van der Waals surface area contributed by atoms with E-state index in [0.717, 1.165) is 41.1 Å². The number of carbonyl (C=O) groups excluding carboxylic acids is 2. The molecule has 50 heavy (non-hydrogen) atoms. The Morgan fingerprint density at radius 1 is 0.660 bits per heavy atom. The molecule has 2 saturated heterocycles. The largest absolute Gasteiger partial charge is 0.314 e. The van der Waals surface area contributed by atoms with Crippen LogP contribution >= 0.6 is 7.44 Å². The van der Waals surface area contributed by atoms with E-state index in [1.54, 1.807) is 6.08 Å². The Balaban J connectivity index is 0.000000180. The highest BCUT2D eigenvalue weighted by Crippen LogP contribution is 2.69. The van der Waals surface area contributed by atoms with Crippen LogP contribution in [0.15, 0.2) is 127 Å². The summed E-state index contributed by atoms with van der Waals surface area (Å²) in [5, 5.41) is 3.41. The lowest BCUT2D eigenvalue weighted by Gasteiger charge is -2.37. The molecule has 4 aromatic carbocycles. The van der Waals surface area contributed by atoms with Gasteiger partial charge in [-0.15, -0.1) is 0 Å². The van der Waals surface area contributed by atoms with Gasteiger partial charge >= 0.3 is 0 Å². The van der Waals surface area contributed by atoms with Gasteiger partial charge in [-0.1, -0.05) is 122 Å². The van der Waals surface area contributed by atoms with Gasteiger partial charge in [-0.25, -0.2) is 0 Å². The van der Waals surface area contributed by atoms with Crippen LogP contribution in [0.4, 0.5) is 11.4 Å². The Hall–Kier alpha value is -4.29. The molecule has 0 spiro atoms. The van der Waals surface area contributed by atoms with E-state index in [4.69, 9.17) is 0 Å². The minimum Gasteiger partial charge on any atom is -0.314 e. The Bertz CT molecular complexity index is 1560. The van der Waals surface area contributed by atoms with E-state index in [0.29, 0.717) is 13.1 Å². The van der Waals surface area contributed by atoms with Crippen LogP contribution in [0.2, 0.25) is 0 Å². The number of rotatable bonds is 9. The molecule has 8 heteroatoms. The summed E-state index contributed by atoms with van der Waals surface area (Å²) in [6, 6.07) is 40.1. The Kier molecular flexibility index (Phi) is 14.6.